The summed E-state index contributed by atoms with van der Waals surface area (Å²) in [4.78, 5) is 11.1. The van der Waals surface area contributed by atoms with Crippen LogP contribution in [-0.2, 0) is 9.53 Å². The normalized spacial score (nSPS) is 13.3. The number of rotatable bonds is 8. The topological polar surface area (TPSA) is 26.3 Å². The molecule has 0 spiro atoms. The van der Waals surface area contributed by atoms with E-state index in [2.05, 4.69) is 26.0 Å². The van der Waals surface area contributed by atoms with Gasteiger partial charge in [0.05, 0.1) is 6.10 Å². The number of ether oxygens (including phenoxy) is 1. The lowest BCUT2D eigenvalue weighted by Gasteiger charge is -2.29. The molecular weight excluding hydrogens is 236 g/mol. The monoisotopic (exact) mass is 262 g/mol. The maximum atomic E-state index is 11.1. The largest absolute Gasteiger partial charge is 0.374 e. The van der Waals surface area contributed by atoms with Crippen LogP contribution in [0.2, 0.25) is 0 Å². The molecule has 0 amide bonds. The van der Waals surface area contributed by atoms with Crippen LogP contribution in [0.1, 0.15) is 58.6 Å². The lowest BCUT2D eigenvalue weighted by atomic mass is 9.80. The van der Waals surface area contributed by atoms with Gasteiger partial charge in [-0.2, -0.15) is 0 Å². The first-order chi connectivity index (χ1) is 8.94. The average molecular weight is 262 g/mol. The van der Waals surface area contributed by atoms with Crippen LogP contribution in [-0.4, -0.2) is 12.4 Å². The molecule has 1 atom stereocenters. The van der Waals surface area contributed by atoms with E-state index in [1.807, 2.05) is 25.1 Å². The van der Waals surface area contributed by atoms with Crippen molar-refractivity contribution in [3.8, 4) is 0 Å². The molecule has 19 heavy (non-hydrogen) atoms. The summed E-state index contributed by atoms with van der Waals surface area (Å²) in [6.45, 7) is 8.82. The molecule has 0 heterocycles. The zero-order chi connectivity index (χ0) is 14.3. The summed E-state index contributed by atoms with van der Waals surface area (Å²) in [5.41, 5.74) is 1.33. The lowest BCUT2D eigenvalue weighted by Crippen LogP contribution is -2.19. The first kappa shape index (κ1) is 15.9. The molecule has 0 bridgehead atoms. The smallest absolute Gasteiger partial charge is 0.129 e. The summed E-state index contributed by atoms with van der Waals surface area (Å²) >= 11 is 0. The van der Waals surface area contributed by atoms with Crippen molar-refractivity contribution in [2.24, 2.45) is 5.41 Å². The van der Waals surface area contributed by atoms with Gasteiger partial charge in [-0.05, 0) is 37.7 Å². The van der Waals surface area contributed by atoms with Crippen molar-refractivity contribution < 1.29 is 9.53 Å². The van der Waals surface area contributed by atoms with Crippen molar-refractivity contribution in [2.45, 2.75) is 53.1 Å². The van der Waals surface area contributed by atoms with Crippen molar-refractivity contribution >= 4 is 5.78 Å². The zero-order valence-corrected chi connectivity index (χ0v) is 12.6. The van der Waals surface area contributed by atoms with Gasteiger partial charge in [-0.25, -0.2) is 0 Å². The van der Waals surface area contributed by atoms with Crippen molar-refractivity contribution in [1.29, 1.82) is 0 Å². The fourth-order valence-corrected chi connectivity index (χ4v) is 2.26. The molecule has 1 aromatic rings. The molecule has 0 aliphatic rings. The second kappa shape index (κ2) is 7.44. The molecule has 0 aromatic heterocycles. The molecule has 0 radical (unpaired) electrons. The quantitative estimate of drug-likeness (QED) is 0.687. The summed E-state index contributed by atoms with van der Waals surface area (Å²) in [5.74, 6) is 0.265. The third kappa shape index (κ3) is 6.02. The number of hydrogen-bond acceptors (Lipinski definition) is 2. The van der Waals surface area contributed by atoms with Gasteiger partial charge in [0.2, 0.25) is 0 Å². The molecule has 0 aliphatic carbocycles. The van der Waals surface area contributed by atoms with Gasteiger partial charge in [0.25, 0.3) is 0 Å². The predicted octanol–water partition coefficient (Wildman–Crippen LogP) is 4.55. The standard InChI is InChI=1S/C17H26O2/c1-5-19-16(15-9-7-6-8-10-15)13-17(3,4)12-11-14(2)18/h6-10,16H,5,11-13H2,1-4H3. The van der Waals surface area contributed by atoms with Crippen LogP contribution in [0, 0.1) is 5.41 Å². The maximum absolute atomic E-state index is 11.1. The van der Waals surface area contributed by atoms with Gasteiger partial charge in [0, 0.05) is 13.0 Å². The van der Waals surface area contributed by atoms with Gasteiger partial charge >= 0.3 is 0 Å². The Bertz CT molecular complexity index is 382. The third-order valence-corrected chi connectivity index (χ3v) is 3.43. The zero-order valence-electron chi connectivity index (χ0n) is 12.6. The SMILES string of the molecule is CCOC(CC(C)(C)CCC(C)=O)c1ccccc1. The minimum atomic E-state index is 0.112. The molecule has 1 rings (SSSR count). The number of Topliss-reactive ketones (excluding diaryl/α,β-unsaturated/α-hetero) is 1. The van der Waals surface area contributed by atoms with E-state index in [-0.39, 0.29) is 17.3 Å². The highest BCUT2D eigenvalue weighted by atomic mass is 16.5. The van der Waals surface area contributed by atoms with E-state index in [0.29, 0.717) is 13.0 Å². The molecule has 106 valence electrons. The van der Waals surface area contributed by atoms with Crippen LogP contribution in [0.15, 0.2) is 30.3 Å². The first-order valence-corrected chi connectivity index (χ1v) is 7.10. The fourth-order valence-electron chi connectivity index (χ4n) is 2.26. The van der Waals surface area contributed by atoms with E-state index in [1.165, 1.54) is 5.56 Å². The van der Waals surface area contributed by atoms with E-state index >= 15 is 0 Å². The van der Waals surface area contributed by atoms with Gasteiger partial charge in [0.15, 0.2) is 0 Å². The van der Waals surface area contributed by atoms with Crippen molar-refractivity contribution in [2.75, 3.05) is 6.61 Å². The summed E-state index contributed by atoms with van der Waals surface area (Å²) in [7, 11) is 0. The predicted molar refractivity (Wildman–Crippen MR) is 79.1 cm³/mol. The highest BCUT2D eigenvalue weighted by Gasteiger charge is 2.25. The van der Waals surface area contributed by atoms with Gasteiger partial charge in [-0.3, -0.25) is 0 Å². The molecule has 1 unspecified atom stereocenters. The molecule has 0 fully saturated rings. The van der Waals surface area contributed by atoms with Crippen LogP contribution < -0.4 is 0 Å². The van der Waals surface area contributed by atoms with Gasteiger partial charge in [-0.1, -0.05) is 44.2 Å². The van der Waals surface area contributed by atoms with Crippen molar-refractivity contribution in [3.63, 3.8) is 0 Å². The Morgan fingerprint density at radius 2 is 1.89 bits per heavy atom. The Labute approximate surface area is 117 Å². The van der Waals surface area contributed by atoms with Crippen LogP contribution in [0.3, 0.4) is 0 Å². The Hall–Kier alpha value is -1.15. The summed E-state index contributed by atoms with van der Waals surface area (Å²) in [5, 5.41) is 0. The number of benzene rings is 1. The van der Waals surface area contributed by atoms with E-state index in [1.54, 1.807) is 6.92 Å². The molecule has 0 aliphatic heterocycles. The second-order valence-electron chi connectivity index (χ2n) is 5.93. The highest BCUT2D eigenvalue weighted by Crippen LogP contribution is 2.35. The van der Waals surface area contributed by atoms with Crippen molar-refractivity contribution in [3.05, 3.63) is 35.9 Å². The fraction of sp³-hybridized carbons (Fsp3) is 0.588. The Balaban J connectivity index is 2.70. The van der Waals surface area contributed by atoms with Gasteiger partial charge in [-0.15, -0.1) is 0 Å². The lowest BCUT2D eigenvalue weighted by molar-refractivity contribution is -0.117. The molecule has 0 saturated heterocycles. The molecule has 0 N–H and O–H groups in total. The van der Waals surface area contributed by atoms with Gasteiger partial charge in [0.1, 0.15) is 5.78 Å². The average Bonchev–Trinajstić information content (AvgIpc) is 2.37. The molecule has 2 nitrogen and oxygen atoms in total. The van der Waals surface area contributed by atoms with E-state index in [9.17, 15) is 4.79 Å². The number of ketones is 1. The summed E-state index contributed by atoms with van der Waals surface area (Å²) < 4.78 is 5.89. The molecular formula is C17H26O2. The molecule has 0 saturated carbocycles. The number of carbonyl (C=O) groups is 1. The summed E-state index contributed by atoms with van der Waals surface area (Å²) in [6.07, 6.45) is 2.63. The number of hydrogen-bond donors (Lipinski definition) is 0. The van der Waals surface area contributed by atoms with Crippen LogP contribution >= 0.6 is 0 Å². The highest BCUT2D eigenvalue weighted by molar-refractivity contribution is 5.75. The van der Waals surface area contributed by atoms with E-state index < -0.39 is 0 Å². The van der Waals surface area contributed by atoms with E-state index in [0.717, 1.165) is 12.8 Å². The Morgan fingerprint density at radius 1 is 1.26 bits per heavy atom. The van der Waals surface area contributed by atoms with Crippen molar-refractivity contribution in [1.82, 2.24) is 0 Å². The molecule has 1 aromatic carbocycles. The summed E-state index contributed by atoms with van der Waals surface area (Å²) in [6, 6.07) is 10.3. The number of carbonyl (C=O) groups excluding carboxylic acids is 1. The third-order valence-electron chi connectivity index (χ3n) is 3.43. The second-order valence-corrected chi connectivity index (χ2v) is 5.93. The van der Waals surface area contributed by atoms with Crippen LogP contribution in [0.25, 0.3) is 0 Å². The Kier molecular flexibility index (Phi) is 6.23. The minimum absolute atomic E-state index is 0.112. The van der Waals surface area contributed by atoms with E-state index in [4.69, 9.17) is 4.74 Å². The first-order valence-electron chi connectivity index (χ1n) is 7.10. The minimum Gasteiger partial charge on any atom is -0.374 e. The van der Waals surface area contributed by atoms with Gasteiger partial charge < -0.3 is 9.53 Å². The molecule has 2 heteroatoms. The van der Waals surface area contributed by atoms with Crippen LogP contribution in [0.5, 0.6) is 0 Å². The Morgan fingerprint density at radius 3 is 2.42 bits per heavy atom. The maximum Gasteiger partial charge on any atom is 0.129 e. The van der Waals surface area contributed by atoms with Crippen LogP contribution in [0.4, 0.5) is 0 Å².